The summed E-state index contributed by atoms with van der Waals surface area (Å²) in [4.78, 5) is 49.1. The largest absolute Gasteiger partial charge is 0.481 e. The normalized spacial score (nSPS) is 10.5. The number of rotatable bonds is 5. The number of aromatic amines is 2. The Hall–Kier alpha value is -2.55. The molecule has 0 fully saturated rings. The van der Waals surface area contributed by atoms with Crippen molar-refractivity contribution in [3.63, 3.8) is 0 Å². The second kappa shape index (κ2) is 6.27. The molecule has 110 valence electrons. The Morgan fingerprint density at radius 3 is 2.43 bits per heavy atom. The van der Waals surface area contributed by atoms with Crippen LogP contribution in [0.4, 0.5) is 5.69 Å². The minimum absolute atomic E-state index is 0.00643. The molecular formula is C12H11N3O5S. The number of carbonyl (C=O) groups is 2. The monoisotopic (exact) mass is 309 g/mol. The first kappa shape index (κ1) is 14.9. The van der Waals surface area contributed by atoms with Gasteiger partial charge < -0.3 is 20.4 Å². The van der Waals surface area contributed by atoms with Gasteiger partial charge in [-0.15, -0.1) is 11.8 Å². The number of H-pyrrole nitrogens is 2. The van der Waals surface area contributed by atoms with E-state index in [0.717, 1.165) is 11.8 Å². The number of benzene rings is 1. The Morgan fingerprint density at radius 2 is 1.76 bits per heavy atom. The average molecular weight is 309 g/mol. The molecule has 0 saturated heterocycles. The molecule has 2 aromatic rings. The molecule has 0 aliphatic heterocycles. The molecular weight excluding hydrogens is 298 g/mol. The van der Waals surface area contributed by atoms with Crippen LogP contribution in [0.2, 0.25) is 0 Å². The Kier molecular flexibility index (Phi) is 4.43. The van der Waals surface area contributed by atoms with Gasteiger partial charge in [0.1, 0.15) is 0 Å². The zero-order valence-electron chi connectivity index (χ0n) is 10.6. The quantitative estimate of drug-likeness (QED) is 0.574. The first-order valence-corrected chi connectivity index (χ1v) is 6.97. The van der Waals surface area contributed by atoms with Crippen LogP contribution in [0.3, 0.4) is 0 Å². The van der Waals surface area contributed by atoms with Gasteiger partial charge in [-0.1, -0.05) is 0 Å². The molecule has 1 aromatic carbocycles. The fraction of sp³-hybridized carbons (Fsp3) is 0.167. The summed E-state index contributed by atoms with van der Waals surface area (Å²) in [6, 6.07) is 4.62. The minimum Gasteiger partial charge on any atom is -0.481 e. The highest BCUT2D eigenvalue weighted by molar-refractivity contribution is 8.00. The van der Waals surface area contributed by atoms with E-state index < -0.39 is 17.1 Å². The van der Waals surface area contributed by atoms with E-state index in [9.17, 15) is 19.2 Å². The van der Waals surface area contributed by atoms with Crippen LogP contribution in [0.5, 0.6) is 0 Å². The van der Waals surface area contributed by atoms with E-state index in [4.69, 9.17) is 5.11 Å². The van der Waals surface area contributed by atoms with Gasteiger partial charge in [0.25, 0.3) is 0 Å². The summed E-state index contributed by atoms with van der Waals surface area (Å²) in [5.74, 6) is -1.49. The molecule has 0 unspecified atom stereocenters. The van der Waals surface area contributed by atoms with Crippen LogP contribution in [-0.2, 0) is 9.59 Å². The molecule has 0 saturated carbocycles. The van der Waals surface area contributed by atoms with Crippen molar-refractivity contribution in [2.45, 2.75) is 0 Å². The molecule has 0 radical (unpaired) electrons. The summed E-state index contributed by atoms with van der Waals surface area (Å²) in [6.45, 7) is 0. The van der Waals surface area contributed by atoms with Crippen LogP contribution in [-0.4, -0.2) is 38.5 Å². The lowest BCUT2D eigenvalue weighted by Gasteiger charge is -2.05. The van der Waals surface area contributed by atoms with E-state index >= 15 is 0 Å². The number of fused-ring (bicyclic) bond motifs is 1. The number of carbonyl (C=O) groups excluding carboxylic acids is 1. The highest BCUT2D eigenvalue weighted by atomic mass is 32.2. The SMILES string of the molecule is O=C(O)CSCC(=O)Nc1ccc2[nH]c(=O)c(=O)[nH]c2c1. The van der Waals surface area contributed by atoms with E-state index in [1.165, 1.54) is 6.07 Å². The standard InChI is InChI=1S/C12H11N3O5S/c16-9(4-21-5-10(17)18)13-6-1-2-7-8(3-6)15-12(20)11(19)14-7/h1-3H,4-5H2,(H,13,16)(H,14,19)(H,15,20)(H,17,18). The number of hydrogen-bond acceptors (Lipinski definition) is 5. The summed E-state index contributed by atoms with van der Waals surface area (Å²) >= 11 is 0.980. The van der Waals surface area contributed by atoms with E-state index in [-0.39, 0.29) is 17.4 Å². The third-order valence-corrected chi connectivity index (χ3v) is 3.38. The Bertz CT molecular complexity index is 810. The van der Waals surface area contributed by atoms with Gasteiger partial charge >= 0.3 is 17.1 Å². The Morgan fingerprint density at radius 1 is 1.10 bits per heavy atom. The Labute approximate surface area is 121 Å². The van der Waals surface area contributed by atoms with E-state index in [1.54, 1.807) is 12.1 Å². The molecule has 9 heteroatoms. The molecule has 8 nitrogen and oxygen atoms in total. The van der Waals surface area contributed by atoms with Gasteiger partial charge in [0.05, 0.1) is 22.5 Å². The fourth-order valence-corrected chi connectivity index (χ4v) is 2.15. The molecule has 1 heterocycles. The molecule has 2 rings (SSSR count). The van der Waals surface area contributed by atoms with Gasteiger partial charge in [-0.25, -0.2) is 0 Å². The second-order valence-corrected chi connectivity index (χ2v) is 5.09. The first-order chi connectivity index (χ1) is 9.95. The van der Waals surface area contributed by atoms with Crippen molar-refractivity contribution < 1.29 is 14.7 Å². The third-order valence-electron chi connectivity index (χ3n) is 2.46. The molecule has 0 atom stereocenters. The molecule has 21 heavy (non-hydrogen) atoms. The van der Waals surface area contributed by atoms with Gasteiger partial charge in [-0.2, -0.15) is 0 Å². The van der Waals surface area contributed by atoms with Crippen molar-refractivity contribution in [1.29, 1.82) is 0 Å². The van der Waals surface area contributed by atoms with Crippen LogP contribution >= 0.6 is 11.8 Å². The lowest BCUT2D eigenvalue weighted by atomic mass is 10.2. The smallest absolute Gasteiger partial charge is 0.314 e. The molecule has 0 bridgehead atoms. The molecule has 1 aromatic heterocycles. The van der Waals surface area contributed by atoms with Gasteiger partial charge in [-0.3, -0.25) is 19.2 Å². The summed E-state index contributed by atoms with van der Waals surface area (Å²) in [5.41, 5.74) is -0.257. The van der Waals surface area contributed by atoms with Crippen molar-refractivity contribution in [3.05, 3.63) is 38.9 Å². The highest BCUT2D eigenvalue weighted by Gasteiger charge is 2.06. The highest BCUT2D eigenvalue weighted by Crippen LogP contribution is 2.14. The topological polar surface area (TPSA) is 132 Å². The van der Waals surface area contributed by atoms with E-state index in [1.807, 2.05) is 0 Å². The number of anilines is 1. The summed E-state index contributed by atoms with van der Waals surface area (Å²) in [6.07, 6.45) is 0. The predicted molar refractivity (Wildman–Crippen MR) is 78.8 cm³/mol. The number of aromatic nitrogens is 2. The van der Waals surface area contributed by atoms with Crippen molar-refractivity contribution in [3.8, 4) is 0 Å². The van der Waals surface area contributed by atoms with Gasteiger partial charge in [0.2, 0.25) is 5.91 Å². The van der Waals surface area contributed by atoms with Gasteiger partial charge in [-0.05, 0) is 18.2 Å². The maximum absolute atomic E-state index is 11.6. The number of amides is 1. The van der Waals surface area contributed by atoms with Crippen molar-refractivity contribution in [2.24, 2.45) is 0 Å². The maximum atomic E-state index is 11.6. The molecule has 4 N–H and O–H groups in total. The van der Waals surface area contributed by atoms with Crippen molar-refractivity contribution in [1.82, 2.24) is 9.97 Å². The molecule has 0 aliphatic carbocycles. The molecule has 0 spiro atoms. The third kappa shape index (κ3) is 3.96. The zero-order valence-corrected chi connectivity index (χ0v) is 11.5. The summed E-state index contributed by atoms with van der Waals surface area (Å²) in [5, 5.41) is 11.0. The van der Waals surface area contributed by atoms with Crippen LogP contribution in [0, 0.1) is 0 Å². The number of hydrogen-bond donors (Lipinski definition) is 4. The van der Waals surface area contributed by atoms with Crippen LogP contribution in [0.15, 0.2) is 27.8 Å². The van der Waals surface area contributed by atoms with Crippen LogP contribution in [0.25, 0.3) is 11.0 Å². The number of nitrogens with one attached hydrogen (secondary N) is 3. The lowest BCUT2D eigenvalue weighted by Crippen LogP contribution is -2.28. The zero-order chi connectivity index (χ0) is 15.4. The average Bonchev–Trinajstić information content (AvgIpc) is 2.40. The van der Waals surface area contributed by atoms with Crippen LogP contribution < -0.4 is 16.4 Å². The number of thioether (sulfide) groups is 1. The first-order valence-electron chi connectivity index (χ1n) is 5.81. The Balaban J connectivity index is 2.10. The van der Waals surface area contributed by atoms with E-state index in [2.05, 4.69) is 15.3 Å². The molecule has 0 aliphatic rings. The lowest BCUT2D eigenvalue weighted by molar-refractivity contribution is -0.133. The fourth-order valence-electron chi connectivity index (χ4n) is 1.62. The number of carboxylic acid groups (broad SMARTS) is 1. The van der Waals surface area contributed by atoms with E-state index in [0.29, 0.717) is 16.7 Å². The minimum atomic E-state index is -0.986. The number of aliphatic carboxylic acids is 1. The van der Waals surface area contributed by atoms with Gasteiger partial charge in [0, 0.05) is 5.69 Å². The van der Waals surface area contributed by atoms with Gasteiger partial charge in [0.15, 0.2) is 0 Å². The summed E-state index contributed by atoms with van der Waals surface area (Å²) < 4.78 is 0. The maximum Gasteiger partial charge on any atom is 0.314 e. The van der Waals surface area contributed by atoms with Crippen LogP contribution in [0.1, 0.15) is 0 Å². The second-order valence-electron chi connectivity index (χ2n) is 4.10. The molecule has 1 amide bonds. The number of carboxylic acids is 1. The summed E-state index contributed by atoms with van der Waals surface area (Å²) in [7, 11) is 0. The predicted octanol–water partition coefficient (Wildman–Crippen LogP) is -0.0273. The van der Waals surface area contributed by atoms with Crippen molar-refractivity contribution >= 4 is 40.4 Å². The van der Waals surface area contributed by atoms with Crippen molar-refractivity contribution in [2.75, 3.05) is 16.8 Å².